The van der Waals surface area contributed by atoms with Crippen LogP contribution in [-0.2, 0) is 23.2 Å². The monoisotopic (exact) mass is 290 g/mol. The largest absolute Gasteiger partial charge is 0.466 e. The third kappa shape index (κ3) is 3.42. The molecule has 0 aromatic rings. The van der Waals surface area contributed by atoms with Crippen LogP contribution in [0.5, 0.6) is 0 Å². The van der Waals surface area contributed by atoms with E-state index in [0.29, 0.717) is 19.4 Å². The van der Waals surface area contributed by atoms with E-state index in [0.717, 1.165) is 0 Å². The first-order valence-corrected chi connectivity index (χ1v) is 7.83. The Morgan fingerprint density at radius 3 is 2.74 bits per heavy atom. The van der Waals surface area contributed by atoms with Crippen LogP contribution in [0.25, 0.3) is 0 Å². The highest BCUT2D eigenvalue weighted by molar-refractivity contribution is 7.93. The van der Waals surface area contributed by atoms with Gasteiger partial charge >= 0.3 is 5.97 Å². The van der Waals surface area contributed by atoms with Gasteiger partial charge in [0.05, 0.1) is 18.6 Å². The summed E-state index contributed by atoms with van der Waals surface area (Å²) in [5.74, 6) is -0.946. The third-order valence-corrected chi connectivity index (χ3v) is 3.90. The minimum Gasteiger partial charge on any atom is -0.466 e. The summed E-state index contributed by atoms with van der Waals surface area (Å²) in [4.78, 5) is 11.9. The van der Waals surface area contributed by atoms with Gasteiger partial charge in [-0.05, 0) is 45.7 Å². The van der Waals surface area contributed by atoms with E-state index in [1.165, 1.54) is 12.0 Å². The Kier molecular flexibility index (Phi) is 4.76. The lowest BCUT2D eigenvalue weighted by Crippen LogP contribution is -2.45. The molecule has 0 N–H and O–H groups in total. The van der Waals surface area contributed by atoms with Crippen LogP contribution in [0.15, 0.2) is 0 Å². The first-order valence-electron chi connectivity index (χ1n) is 6.68. The molecular weight excluding hydrogens is 268 g/mol. The highest BCUT2D eigenvalue weighted by Gasteiger charge is 2.51. The average molecular weight is 290 g/mol. The Balaban J connectivity index is 2.08. The molecule has 2 fully saturated rings. The number of rotatable bonds is 4. The summed E-state index contributed by atoms with van der Waals surface area (Å²) in [5, 5.41) is 0. The van der Waals surface area contributed by atoms with Gasteiger partial charge in [-0.1, -0.05) is 0 Å². The topological polar surface area (TPSA) is 54.0 Å². The Morgan fingerprint density at radius 2 is 2.11 bits per heavy atom. The first-order chi connectivity index (χ1) is 8.96. The predicted octanol–water partition coefficient (Wildman–Crippen LogP) is 2.14. The van der Waals surface area contributed by atoms with Crippen molar-refractivity contribution in [1.29, 1.82) is 0 Å². The zero-order chi connectivity index (χ0) is 14.0. The summed E-state index contributed by atoms with van der Waals surface area (Å²) >= 11 is 1.30. The Labute approximate surface area is 118 Å². The standard InChI is InChI=1S/C13H22O5S/c1-5-15-12(14)8-6-9-11(10(7-8)18-19-4)17-13(2,3)16-9/h8-11H,5-7H2,1-4H3. The van der Waals surface area contributed by atoms with E-state index >= 15 is 0 Å². The van der Waals surface area contributed by atoms with Gasteiger partial charge in [0.15, 0.2) is 5.79 Å². The quantitative estimate of drug-likeness (QED) is 0.584. The summed E-state index contributed by atoms with van der Waals surface area (Å²) < 4.78 is 22.5. The van der Waals surface area contributed by atoms with Crippen LogP contribution in [0.4, 0.5) is 0 Å². The van der Waals surface area contributed by atoms with Gasteiger partial charge in [0.1, 0.15) is 12.2 Å². The number of hydrogen-bond donors (Lipinski definition) is 0. The smallest absolute Gasteiger partial charge is 0.309 e. The summed E-state index contributed by atoms with van der Waals surface area (Å²) in [6, 6.07) is 0. The second-order valence-electron chi connectivity index (χ2n) is 5.36. The molecule has 0 aromatic heterocycles. The van der Waals surface area contributed by atoms with Gasteiger partial charge < -0.3 is 18.4 Å². The number of ether oxygens (including phenoxy) is 3. The molecule has 1 saturated heterocycles. The molecule has 2 aliphatic rings. The predicted molar refractivity (Wildman–Crippen MR) is 71.6 cm³/mol. The maximum atomic E-state index is 11.9. The van der Waals surface area contributed by atoms with E-state index in [1.54, 1.807) is 0 Å². The first kappa shape index (κ1) is 15.1. The fourth-order valence-corrected chi connectivity index (χ4v) is 3.26. The van der Waals surface area contributed by atoms with Crippen molar-refractivity contribution in [1.82, 2.24) is 0 Å². The highest BCUT2D eigenvalue weighted by atomic mass is 32.2. The summed E-state index contributed by atoms with van der Waals surface area (Å²) in [5.41, 5.74) is 0. The van der Waals surface area contributed by atoms with Crippen LogP contribution in [0, 0.1) is 5.92 Å². The van der Waals surface area contributed by atoms with Crippen LogP contribution in [0.1, 0.15) is 33.6 Å². The Bertz CT molecular complexity index is 333. The van der Waals surface area contributed by atoms with E-state index in [2.05, 4.69) is 0 Å². The molecule has 0 amide bonds. The van der Waals surface area contributed by atoms with E-state index in [-0.39, 0.29) is 30.2 Å². The van der Waals surface area contributed by atoms with Crippen molar-refractivity contribution in [3.63, 3.8) is 0 Å². The van der Waals surface area contributed by atoms with Gasteiger partial charge in [0.2, 0.25) is 0 Å². The summed E-state index contributed by atoms with van der Waals surface area (Å²) in [6.07, 6.45) is 2.79. The zero-order valence-corrected chi connectivity index (χ0v) is 12.7. The molecule has 0 spiro atoms. The van der Waals surface area contributed by atoms with Crippen LogP contribution < -0.4 is 0 Å². The van der Waals surface area contributed by atoms with Crippen LogP contribution in [-0.4, -0.2) is 42.9 Å². The lowest BCUT2D eigenvalue weighted by atomic mass is 9.83. The van der Waals surface area contributed by atoms with Crippen molar-refractivity contribution in [2.45, 2.75) is 57.7 Å². The molecule has 4 atom stereocenters. The molecule has 0 bridgehead atoms. The molecule has 1 aliphatic carbocycles. The second-order valence-corrected chi connectivity index (χ2v) is 5.89. The van der Waals surface area contributed by atoms with Gasteiger partial charge in [0.25, 0.3) is 0 Å². The van der Waals surface area contributed by atoms with E-state index in [9.17, 15) is 4.79 Å². The molecule has 1 saturated carbocycles. The van der Waals surface area contributed by atoms with Crippen molar-refractivity contribution in [2.75, 3.05) is 12.9 Å². The SMILES string of the molecule is CCOC(=O)C1CC(OSC)C2OC(C)(C)OC2C1. The summed E-state index contributed by atoms with van der Waals surface area (Å²) in [6.45, 7) is 6.00. The van der Waals surface area contributed by atoms with Crippen LogP contribution in [0.3, 0.4) is 0 Å². The zero-order valence-electron chi connectivity index (χ0n) is 11.9. The van der Waals surface area contributed by atoms with Gasteiger partial charge in [-0.3, -0.25) is 4.79 Å². The number of carbonyl (C=O) groups excluding carboxylic acids is 1. The molecule has 5 nitrogen and oxygen atoms in total. The van der Waals surface area contributed by atoms with Crippen molar-refractivity contribution in [3.8, 4) is 0 Å². The third-order valence-electron chi connectivity index (χ3n) is 3.46. The number of hydrogen-bond acceptors (Lipinski definition) is 6. The fraction of sp³-hybridized carbons (Fsp3) is 0.923. The van der Waals surface area contributed by atoms with E-state index in [1.807, 2.05) is 27.0 Å². The average Bonchev–Trinajstić information content (AvgIpc) is 2.64. The molecule has 1 aliphatic heterocycles. The Morgan fingerprint density at radius 1 is 1.37 bits per heavy atom. The molecule has 19 heavy (non-hydrogen) atoms. The van der Waals surface area contributed by atoms with Crippen molar-refractivity contribution in [2.24, 2.45) is 5.92 Å². The van der Waals surface area contributed by atoms with Crippen molar-refractivity contribution >= 4 is 18.0 Å². The van der Waals surface area contributed by atoms with Crippen LogP contribution >= 0.6 is 12.0 Å². The second kappa shape index (κ2) is 5.99. The van der Waals surface area contributed by atoms with Gasteiger partial charge in [0, 0.05) is 6.26 Å². The molecule has 4 unspecified atom stereocenters. The van der Waals surface area contributed by atoms with E-state index < -0.39 is 5.79 Å². The minimum absolute atomic E-state index is 0.102. The molecule has 0 radical (unpaired) electrons. The van der Waals surface area contributed by atoms with Gasteiger partial charge in [-0.15, -0.1) is 0 Å². The lowest BCUT2D eigenvalue weighted by molar-refractivity contribution is -0.153. The van der Waals surface area contributed by atoms with Gasteiger partial charge in [-0.25, -0.2) is 0 Å². The number of fused-ring (bicyclic) bond motifs is 1. The molecule has 0 aromatic carbocycles. The minimum atomic E-state index is -0.612. The fourth-order valence-electron chi connectivity index (χ4n) is 2.82. The molecule has 110 valence electrons. The van der Waals surface area contributed by atoms with E-state index in [4.69, 9.17) is 18.4 Å². The molecular formula is C13H22O5S. The van der Waals surface area contributed by atoms with Gasteiger partial charge in [-0.2, -0.15) is 0 Å². The molecule has 1 heterocycles. The number of carbonyl (C=O) groups is 1. The van der Waals surface area contributed by atoms with Crippen molar-refractivity contribution in [3.05, 3.63) is 0 Å². The maximum Gasteiger partial charge on any atom is 0.309 e. The van der Waals surface area contributed by atoms with Crippen molar-refractivity contribution < 1.29 is 23.2 Å². The molecule has 6 heteroatoms. The number of esters is 1. The lowest BCUT2D eigenvalue weighted by Gasteiger charge is -2.34. The normalized spacial score (nSPS) is 36.8. The Hall–Kier alpha value is -0.300. The highest BCUT2D eigenvalue weighted by Crippen LogP contribution is 2.41. The van der Waals surface area contributed by atoms with Crippen LogP contribution in [0.2, 0.25) is 0 Å². The maximum absolute atomic E-state index is 11.9. The summed E-state index contributed by atoms with van der Waals surface area (Å²) in [7, 11) is 0. The molecule has 2 rings (SSSR count).